The van der Waals surface area contributed by atoms with Gasteiger partial charge in [0.1, 0.15) is 12.4 Å². The number of carbonyl (C=O) groups excluding carboxylic acids is 1. The molecule has 2 aromatic rings. The number of carbonyl (C=O) groups is 2. The van der Waals surface area contributed by atoms with Crippen molar-refractivity contribution in [3.63, 3.8) is 0 Å². The minimum atomic E-state index is -1.21. The van der Waals surface area contributed by atoms with E-state index in [0.29, 0.717) is 9.69 Å². The molecule has 0 aromatic carbocycles. The van der Waals surface area contributed by atoms with E-state index in [0.717, 1.165) is 12.4 Å². The van der Waals surface area contributed by atoms with Crippen molar-refractivity contribution < 1.29 is 29.8 Å². The molecule has 0 saturated heterocycles. The fourth-order valence-corrected chi connectivity index (χ4v) is 0.907. The molecule has 0 aliphatic carbocycles. The van der Waals surface area contributed by atoms with Gasteiger partial charge in [0.25, 0.3) is 0 Å². The van der Waals surface area contributed by atoms with Gasteiger partial charge in [-0.3, -0.25) is 0 Å². The van der Waals surface area contributed by atoms with Crippen molar-refractivity contribution in [1.82, 2.24) is 30.3 Å². The Hall–Kier alpha value is -3.18. The van der Waals surface area contributed by atoms with Gasteiger partial charge in [-0.2, -0.15) is 0 Å². The van der Waals surface area contributed by atoms with Crippen LogP contribution in [0.15, 0.2) is 12.4 Å². The molecule has 0 fully saturated rings. The van der Waals surface area contributed by atoms with Crippen LogP contribution in [0.4, 0.5) is 0 Å². The van der Waals surface area contributed by atoms with E-state index >= 15 is 0 Å². The standard InChI is InChI=1S/C5H7N3O3.C3H3N3O3/c1-2-11-5(9)4-3-8(10)7-6-4;7-3(8)2-1-6(9)5-4-2/h3,10H,2H2,1H3;1,9H,(H,7,8). The number of rotatable bonds is 3. The van der Waals surface area contributed by atoms with E-state index in [1.54, 1.807) is 6.92 Å². The lowest BCUT2D eigenvalue weighted by molar-refractivity contribution is 0.0518. The molecule has 12 nitrogen and oxygen atoms in total. The van der Waals surface area contributed by atoms with Crippen molar-refractivity contribution in [2.75, 3.05) is 6.61 Å². The second kappa shape index (κ2) is 6.67. The molecule has 0 radical (unpaired) electrons. The zero-order valence-electron chi connectivity index (χ0n) is 10.1. The summed E-state index contributed by atoms with van der Waals surface area (Å²) in [5.74, 6) is -1.80. The van der Waals surface area contributed by atoms with Crippen LogP contribution in [0.1, 0.15) is 27.9 Å². The van der Waals surface area contributed by atoms with Gasteiger partial charge >= 0.3 is 11.9 Å². The minimum absolute atomic E-state index is 0.00523. The lowest BCUT2D eigenvalue weighted by atomic mass is 10.5. The SMILES string of the molecule is CCOC(=O)c1cn(O)nn1.O=C(O)c1cn(O)nn1. The number of aromatic nitrogens is 6. The lowest BCUT2D eigenvalue weighted by Gasteiger charge is -1.94. The van der Waals surface area contributed by atoms with E-state index in [1.165, 1.54) is 0 Å². The summed E-state index contributed by atoms with van der Waals surface area (Å²) < 4.78 is 4.58. The normalized spacial score (nSPS) is 9.45. The summed E-state index contributed by atoms with van der Waals surface area (Å²) in [5, 5.41) is 37.7. The van der Waals surface area contributed by atoms with Crippen molar-refractivity contribution in [3.05, 3.63) is 23.8 Å². The highest BCUT2D eigenvalue weighted by Gasteiger charge is 2.10. The summed E-state index contributed by atoms with van der Waals surface area (Å²) in [6.07, 6.45) is 1.96. The molecule has 108 valence electrons. The van der Waals surface area contributed by atoms with Gasteiger partial charge in [0.05, 0.1) is 6.61 Å². The van der Waals surface area contributed by atoms with E-state index in [1.807, 2.05) is 0 Å². The molecule has 2 rings (SSSR count). The molecule has 0 aliphatic rings. The Morgan fingerprint density at radius 2 is 1.65 bits per heavy atom. The van der Waals surface area contributed by atoms with Crippen LogP contribution in [0.2, 0.25) is 0 Å². The molecular weight excluding hydrogens is 276 g/mol. The average Bonchev–Trinajstić information content (AvgIpc) is 2.99. The number of carboxylic acids is 1. The van der Waals surface area contributed by atoms with E-state index in [4.69, 9.17) is 15.5 Å². The van der Waals surface area contributed by atoms with Gasteiger partial charge in [0, 0.05) is 0 Å². The van der Waals surface area contributed by atoms with Gasteiger partial charge in [-0.15, -0.1) is 10.2 Å². The summed E-state index contributed by atoms with van der Waals surface area (Å²) in [7, 11) is 0. The van der Waals surface area contributed by atoms with Gasteiger partial charge in [-0.05, 0) is 17.4 Å². The van der Waals surface area contributed by atoms with Gasteiger partial charge in [-0.25, -0.2) is 9.59 Å². The molecule has 0 bridgehead atoms. The highest BCUT2D eigenvalue weighted by molar-refractivity contribution is 5.86. The van der Waals surface area contributed by atoms with Crippen LogP contribution in [-0.4, -0.2) is 64.4 Å². The highest BCUT2D eigenvalue weighted by atomic mass is 16.5. The quantitative estimate of drug-likeness (QED) is 0.465. The van der Waals surface area contributed by atoms with Crippen LogP contribution in [-0.2, 0) is 4.74 Å². The Balaban J connectivity index is 0.000000204. The van der Waals surface area contributed by atoms with Gasteiger partial charge in [0.15, 0.2) is 11.4 Å². The summed E-state index contributed by atoms with van der Waals surface area (Å²) in [6.45, 7) is 1.96. The van der Waals surface area contributed by atoms with Crippen LogP contribution in [0.25, 0.3) is 0 Å². The summed E-state index contributed by atoms with van der Waals surface area (Å²) in [4.78, 5) is 21.6. The second-order valence-electron chi connectivity index (χ2n) is 3.07. The van der Waals surface area contributed by atoms with Crippen molar-refractivity contribution in [2.45, 2.75) is 6.92 Å². The number of hydrogen-bond donors (Lipinski definition) is 3. The maximum Gasteiger partial charge on any atom is 0.360 e. The molecule has 3 N–H and O–H groups in total. The number of hydrogen-bond acceptors (Lipinski definition) is 9. The Labute approximate surface area is 110 Å². The predicted molar refractivity (Wildman–Crippen MR) is 57.3 cm³/mol. The molecule has 0 unspecified atom stereocenters. The molecule has 12 heteroatoms. The molecule has 20 heavy (non-hydrogen) atoms. The fraction of sp³-hybridized carbons (Fsp3) is 0.250. The van der Waals surface area contributed by atoms with Crippen LogP contribution >= 0.6 is 0 Å². The van der Waals surface area contributed by atoms with E-state index in [-0.39, 0.29) is 18.0 Å². The third-order valence-corrected chi connectivity index (χ3v) is 1.67. The first-order chi connectivity index (χ1) is 9.43. The number of aromatic carboxylic acids is 1. The first-order valence-electron chi connectivity index (χ1n) is 5.07. The highest BCUT2D eigenvalue weighted by Crippen LogP contribution is 1.93. The van der Waals surface area contributed by atoms with Gasteiger partial charge < -0.3 is 20.3 Å². The van der Waals surface area contributed by atoms with Crippen molar-refractivity contribution in [1.29, 1.82) is 0 Å². The molecule has 0 aliphatic heterocycles. The maximum atomic E-state index is 10.8. The monoisotopic (exact) mass is 286 g/mol. The molecule has 0 saturated carbocycles. The topological polar surface area (TPSA) is 165 Å². The molecule has 2 aromatic heterocycles. The van der Waals surface area contributed by atoms with Crippen LogP contribution in [0.5, 0.6) is 0 Å². The fourth-order valence-electron chi connectivity index (χ4n) is 0.907. The van der Waals surface area contributed by atoms with E-state index in [9.17, 15) is 9.59 Å². The number of nitrogens with zero attached hydrogens (tertiary/aromatic N) is 6. The predicted octanol–water partition coefficient (Wildman–Crippen LogP) is -1.09. The first-order valence-corrected chi connectivity index (χ1v) is 5.07. The zero-order valence-corrected chi connectivity index (χ0v) is 10.1. The molecule has 0 spiro atoms. The van der Waals surface area contributed by atoms with Crippen LogP contribution in [0, 0.1) is 0 Å². The zero-order chi connectivity index (χ0) is 15.1. The van der Waals surface area contributed by atoms with Gasteiger partial charge in [-0.1, -0.05) is 9.69 Å². The molecule has 0 atom stereocenters. The first kappa shape index (κ1) is 14.9. The Kier molecular flexibility index (Phi) is 4.96. The molecule has 2 heterocycles. The van der Waals surface area contributed by atoms with Crippen molar-refractivity contribution >= 4 is 11.9 Å². The Morgan fingerprint density at radius 3 is 1.95 bits per heavy atom. The Morgan fingerprint density at radius 1 is 1.15 bits per heavy atom. The van der Waals surface area contributed by atoms with Crippen LogP contribution in [0.3, 0.4) is 0 Å². The van der Waals surface area contributed by atoms with Crippen molar-refractivity contribution in [3.8, 4) is 0 Å². The van der Waals surface area contributed by atoms with Gasteiger partial charge in [0.2, 0.25) is 0 Å². The lowest BCUT2D eigenvalue weighted by Crippen LogP contribution is -2.04. The Bertz CT molecular complexity index is 592. The second-order valence-corrected chi connectivity index (χ2v) is 3.07. The largest absolute Gasteiger partial charge is 0.476 e. The number of ether oxygens (including phenoxy) is 1. The smallest absolute Gasteiger partial charge is 0.360 e. The third-order valence-electron chi connectivity index (χ3n) is 1.67. The number of esters is 1. The molecular formula is C8H10N6O6. The average molecular weight is 286 g/mol. The van der Waals surface area contributed by atoms with E-state index < -0.39 is 11.9 Å². The summed E-state index contributed by atoms with van der Waals surface area (Å²) in [6, 6.07) is 0. The minimum Gasteiger partial charge on any atom is -0.476 e. The van der Waals surface area contributed by atoms with Crippen molar-refractivity contribution in [2.24, 2.45) is 0 Å². The molecule has 0 amide bonds. The van der Waals surface area contributed by atoms with E-state index in [2.05, 4.69) is 25.4 Å². The van der Waals surface area contributed by atoms with Crippen LogP contribution < -0.4 is 0 Å². The number of carboxylic acid groups (broad SMARTS) is 1. The maximum absolute atomic E-state index is 10.8. The third kappa shape index (κ3) is 4.25. The summed E-state index contributed by atoms with van der Waals surface area (Å²) >= 11 is 0. The summed E-state index contributed by atoms with van der Waals surface area (Å²) in [5.41, 5.74) is -0.285.